The first kappa shape index (κ1) is 18.4. The highest BCUT2D eigenvalue weighted by molar-refractivity contribution is 5.94. The SMILES string of the molecule is Nc1cc(C(=O)N2CCC[C@]3(CCC(=O)N(Cc4ccccn4)C3)C2)ccn1. The molecule has 2 amide bonds. The largest absolute Gasteiger partial charge is 0.384 e. The molecule has 7 heteroatoms. The summed E-state index contributed by atoms with van der Waals surface area (Å²) in [5, 5.41) is 0. The maximum absolute atomic E-state index is 13.0. The number of hydrogen-bond acceptors (Lipinski definition) is 5. The van der Waals surface area contributed by atoms with Crippen LogP contribution in [0.5, 0.6) is 0 Å². The minimum absolute atomic E-state index is 0.0126. The lowest BCUT2D eigenvalue weighted by molar-refractivity contribution is -0.139. The van der Waals surface area contributed by atoms with Crippen LogP contribution in [-0.2, 0) is 11.3 Å². The van der Waals surface area contributed by atoms with Gasteiger partial charge in [0.1, 0.15) is 5.82 Å². The Morgan fingerprint density at radius 3 is 2.82 bits per heavy atom. The molecule has 0 radical (unpaired) electrons. The molecule has 4 rings (SSSR count). The van der Waals surface area contributed by atoms with Gasteiger partial charge in [-0.15, -0.1) is 0 Å². The van der Waals surface area contributed by atoms with Crippen molar-refractivity contribution < 1.29 is 9.59 Å². The summed E-state index contributed by atoms with van der Waals surface area (Å²) in [4.78, 5) is 37.6. The van der Waals surface area contributed by atoms with Gasteiger partial charge >= 0.3 is 0 Å². The third kappa shape index (κ3) is 3.83. The van der Waals surface area contributed by atoms with Crippen molar-refractivity contribution in [3.63, 3.8) is 0 Å². The van der Waals surface area contributed by atoms with Gasteiger partial charge in [-0.25, -0.2) is 4.98 Å². The molecular formula is C21H25N5O2. The van der Waals surface area contributed by atoms with Crippen LogP contribution in [0.25, 0.3) is 0 Å². The van der Waals surface area contributed by atoms with E-state index >= 15 is 0 Å². The van der Waals surface area contributed by atoms with E-state index < -0.39 is 0 Å². The summed E-state index contributed by atoms with van der Waals surface area (Å²) < 4.78 is 0. The van der Waals surface area contributed by atoms with Crippen LogP contribution in [0.4, 0.5) is 5.82 Å². The highest BCUT2D eigenvalue weighted by atomic mass is 16.2. The lowest BCUT2D eigenvalue weighted by atomic mass is 9.73. The molecule has 0 saturated carbocycles. The summed E-state index contributed by atoms with van der Waals surface area (Å²) in [5.41, 5.74) is 7.15. The van der Waals surface area contributed by atoms with E-state index in [0.717, 1.165) is 31.5 Å². The van der Waals surface area contributed by atoms with E-state index in [1.165, 1.54) is 0 Å². The fourth-order valence-electron chi connectivity index (χ4n) is 4.41. The van der Waals surface area contributed by atoms with Crippen molar-refractivity contribution in [2.75, 3.05) is 25.4 Å². The highest BCUT2D eigenvalue weighted by Gasteiger charge is 2.42. The standard InChI is InChI=1S/C21H25N5O2/c22-18-12-16(6-10-24-18)20(28)25-11-3-7-21(14-25)8-5-19(27)26(15-21)13-17-4-1-2-9-23-17/h1-2,4,6,9-10,12H,3,5,7-8,11,13-15H2,(H2,22,24)/t21-/m0/s1. The van der Waals surface area contributed by atoms with Gasteiger partial charge in [-0.05, 0) is 43.5 Å². The lowest BCUT2D eigenvalue weighted by Gasteiger charge is -2.48. The van der Waals surface area contributed by atoms with E-state index in [2.05, 4.69) is 9.97 Å². The van der Waals surface area contributed by atoms with Gasteiger partial charge in [-0.3, -0.25) is 14.6 Å². The topological polar surface area (TPSA) is 92.4 Å². The number of aromatic nitrogens is 2. The van der Waals surface area contributed by atoms with E-state index in [-0.39, 0.29) is 17.2 Å². The number of carbonyl (C=O) groups is 2. The van der Waals surface area contributed by atoms with Gasteiger partial charge in [0.05, 0.1) is 12.2 Å². The fourth-order valence-corrected chi connectivity index (χ4v) is 4.41. The number of likely N-dealkylation sites (tertiary alicyclic amines) is 2. The molecule has 0 unspecified atom stereocenters. The molecule has 2 saturated heterocycles. The predicted octanol–water partition coefficient (Wildman–Crippen LogP) is 2.10. The Bertz CT molecular complexity index is 872. The summed E-state index contributed by atoms with van der Waals surface area (Å²) in [5.74, 6) is 0.505. The van der Waals surface area contributed by atoms with Gasteiger partial charge < -0.3 is 15.5 Å². The number of nitrogens with two attached hydrogens (primary N) is 1. The van der Waals surface area contributed by atoms with Gasteiger partial charge in [0, 0.05) is 49.4 Å². The lowest BCUT2D eigenvalue weighted by Crippen LogP contribution is -2.54. The molecule has 7 nitrogen and oxygen atoms in total. The Hall–Kier alpha value is -2.96. The Kier molecular flexibility index (Phi) is 4.98. The Morgan fingerprint density at radius 1 is 1.14 bits per heavy atom. The van der Waals surface area contributed by atoms with Crippen molar-refractivity contribution in [2.24, 2.45) is 5.41 Å². The second kappa shape index (κ2) is 7.58. The zero-order valence-electron chi connectivity index (χ0n) is 15.9. The molecule has 2 fully saturated rings. The first-order chi connectivity index (χ1) is 13.5. The summed E-state index contributed by atoms with van der Waals surface area (Å²) in [6.45, 7) is 2.60. The molecule has 0 bridgehead atoms. The zero-order chi connectivity index (χ0) is 19.6. The summed E-state index contributed by atoms with van der Waals surface area (Å²) in [7, 11) is 0. The van der Waals surface area contributed by atoms with Crippen LogP contribution in [0.2, 0.25) is 0 Å². The van der Waals surface area contributed by atoms with Crippen molar-refractivity contribution in [1.82, 2.24) is 19.8 Å². The molecule has 146 valence electrons. The third-order valence-electron chi connectivity index (χ3n) is 5.80. The van der Waals surface area contributed by atoms with Gasteiger partial charge in [0.25, 0.3) is 5.91 Å². The maximum atomic E-state index is 13.0. The quantitative estimate of drug-likeness (QED) is 0.882. The molecular weight excluding hydrogens is 354 g/mol. The normalized spacial score (nSPS) is 22.5. The van der Waals surface area contributed by atoms with Crippen LogP contribution in [0.1, 0.15) is 41.7 Å². The van der Waals surface area contributed by atoms with E-state index in [0.29, 0.717) is 37.4 Å². The second-order valence-electron chi connectivity index (χ2n) is 7.87. The van der Waals surface area contributed by atoms with E-state index in [4.69, 9.17) is 5.73 Å². The number of hydrogen-bond donors (Lipinski definition) is 1. The Labute approximate surface area is 164 Å². The minimum atomic E-state index is -0.0465. The van der Waals surface area contributed by atoms with Crippen LogP contribution < -0.4 is 5.73 Å². The number of carbonyl (C=O) groups excluding carboxylic acids is 2. The number of piperidine rings is 2. The molecule has 2 aliphatic rings. The number of anilines is 1. The van der Waals surface area contributed by atoms with Crippen LogP contribution in [-0.4, -0.2) is 51.2 Å². The molecule has 1 atom stereocenters. The number of nitrogens with zero attached hydrogens (tertiary/aromatic N) is 4. The maximum Gasteiger partial charge on any atom is 0.254 e. The van der Waals surface area contributed by atoms with Crippen molar-refractivity contribution in [3.05, 3.63) is 54.0 Å². The average Bonchev–Trinajstić information content (AvgIpc) is 2.71. The van der Waals surface area contributed by atoms with Crippen molar-refractivity contribution in [2.45, 2.75) is 32.2 Å². The van der Waals surface area contributed by atoms with Gasteiger partial charge in [0.15, 0.2) is 0 Å². The van der Waals surface area contributed by atoms with E-state index in [1.807, 2.05) is 28.0 Å². The van der Waals surface area contributed by atoms with Gasteiger partial charge in [-0.1, -0.05) is 6.07 Å². The number of pyridine rings is 2. The zero-order valence-corrected chi connectivity index (χ0v) is 15.9. The third-order valence-corrected chi connectivity index (χ3v) is 5.80. The minimum Gasteiger partial charge on any atom is -0.384 e. The van der Waals surface area contributed by atoms with Gasteiger partial charge in [-0.2, -0.15) is 0 Å². The first-order valence-corrected chi connectivity index (χ1v) is 9.73. The predicted molar refractivity (Wildman–Crippen MR) is 105 cm³/mol. The Balaban J connectivity index is 1.49. The van der Waals surface area contributed by atoms with Crippen LogP contribution >= 0.6 is 0 Å². The molecule has 0 aromatic carbocycles. The molecule has 1 spiro atoms. The smallest absolute Gasteiger partial charge is 0.254 e. The first-order valence-electron chi connectivity index (χ1n) is 9.73. The van der Waals surface area contributed by atoms with Crippen molar-refractivity contribution >= 4 is 17.6 Å². The van der Waals surface area contributed by atoms with Crippen molar-refractivity contribution in [1.29, 1.82) is 0 Å². The number of amides is 2. The van der Waals surface area contributed by atoms with Crippen LogP contribution in [0.15, 0.2) is 42.7 Å². The molecule has 28 heavy (non-hydrogen) atoms. The number of rotatable bonds is 3. The highest BCUT2D eigenvalue weighted by Crippen LogP contribution is 2.39. The molecule has 2 aliphatic heterocycles. The van der Waals surface area contributed by atoms with Crippen LogP contribution in [0, 0.1) is 5.41 Å². The molecule has 2 N–H and O–H groups in total. The molecule has 4 heterocycles. The number of nitrogen functional groups attached to an aromatic ring is 1. The van der Waals surface area contributed by atoms with E-state index in [1.54, 1.807) is 24.5 Å². The van der Waals surface area contributed by atoms with Crippen molar-refractivity contribution in [3.8, 4) is 0 Å². The average molecular weight is 379 g/mol. The molecule has 2 aromatic rings. The summed E-state index contributed by atoms with van der Waals surface area (Å²) in [6.07, 6.45) is 6.64. The molecule has 0 aliphatic carbocycles. The van der Waals surface area contributed by atoms with E-state index in [9.17, 15) is 9.59 Å². The van der Waals surface area contributed by atoms with Crippen LogP contribution in [0.3, 0.4) is 0 Å². The van der Waals surface area contributed by atoms with Gasteiger partial charge in [0.2, 0.25) is 5.91 Å². The monoisotopic (exact) mass is 379 g/mol. The summed E-state index contributed by atoms with van der Waals surface area (Å²) >= 11 is 0. The Morgan fingerprint density at radius 2 is 2.04 bits per heavy atom. The second-order valence-corrected chi connectivity index (χ2v) is 7.87. The fraction of sp³-hybridized carbons (Fsp3) is 0.429. The molecule has 2 aromatic heterocycles. The summed E-state index contributed by atoms with van der Waals surface area (Å²) in [6, 6.07) is 9.09.